The van der Waals surface area contributed by atoms with Gasteiger partial charge in [0.1, 0.15) is 6.04 Å². The first-order chi connectivity index (χ1) is 9.95. The van der Waals surface area contributed by atoms with Crippen LogP contribution in [-0.2, 0) is 9.53 Å². The van der Waals surface area contributed by atoms with E-state index in [0.29, 0.717) is 25.0 Å². The largest absolute Gasteiger partial charge is 0.467 e. The molecule has 1 amide bonds. The first-order valence-corrected chi connectivity index (χ1v) is 6.49. The molecule has 21 heavy (non-hydrogen) atoms. The Morgan fingerprint density at radius 1 is 1.19 bits per heavy atom. The van der Waals surface area contributed by atoms with Crippen molar-refractivity contribution in [1.29, 1.82) is 0 Å². The van der Waals surface area contributed by atoms with E-state index in [1.165, 1.54) is 12.0 Å². The highest BCUT2D eigenvalue weighted by atomic mass is 19.2. The van der Waals surface area contributed by atoms with E-state index in [-0.39, 0.29) is 12.1 Å². The van der Waals surface area contributed by atoms with Crippen LogP contribution in [0, 0.1) is 17.5 Å². The molecule has 1 aromatic carbocycles. The number of methoxy groups -OCH3 is 1. The predicted octanol–water partition coefficient (Wildman–Crippen LogP) is 2.27. The van der Waals surface area contributed by atoms with Crippen molar-refractivity contribution >= 4 is 11.9 Å². The molecule has 0 N–H and O–H groups in total. The molecule has 0 unspecified atom stereocenters. The maximum Gasteiger partial charge on any atom is 0.328 e. The summed E-state index contributed by atoms with van der Waals surface area (Å²) in [5.74, 6) is -5.81. The quantitative estimate of drug-likeness (QED) is 0.622. The molecule has 0 radical (unpaired) electrons. The van der Waals surface area contributed by atoms with Crippen LogP contribution in [-0.4, -0.2) is 36.5 Å². The SMILES string of the molecule is COC(=O)[C@H]1CCCCN1C(=O)c1cc(F)c(F)c(F)c1. The number of hydrogen-bond acceptors (Lipinski definition) is 3. The van der Waals surface area contributed by atoms with Gasteiger partial charge in [0.25, 0.3) is 5.91 Å². The van der Waals surface area contributed by atoms with Gasteiger partial charge in [-0.15, -0.1) is 0 Å². The molecule has 0 aliphatic carbocycles. The first kappa shape index (κ1) is 15.3. The van der Waals surface area contributed by atoms with Crippen molar-refractivity contribution in [2.24, 2.45) is 0 Å². The van der Waals surface area contributed by atoms with E-state index in [9.17, 15) is 22.8 Å². The number of esters is 1. The predicted molar refractivity (Wildman–Crippen MR) is 67.0 cm³/mol. The standard InChI is InChI=1S/C14H14F3NO3/c1-21-14(20)11-4-2-3-5-18(11)13(19)8-6-9(15)12(17)10(16)7-8/h6-7,11H,2-5H2,1H3/t11-/m1/s1. The van der Waals surface area contributed by atoms with Crippen LogP contribution in [0.1, 0.15) is 29.6 Å². The molecule has 1 heterocycles. The monoisotopic (exact) mass is 301 g/mol. The molecule has 1 atom stereocenters. The van der Waals surface area contributed by atoms with Gasteiger partial charge in [0.2, 0.25) is 0 Å². The fraction of sp³-hybridized carbons (Fsp3) is 0.429. The summed E-state index contributed by atoms with van der Waals surface area (Å²) in [7, 11) is 1.21. The van der Waals surface area contributed by atoms with Crippen LogP contribution in [0.15, 0.2) is 12.1 Å². The Balaban J connectivity index is 2.31. The van der Waals surface area contributed by atoms with E-state index in [4.69, 9.17) is 0 Å². The normalized spacial score (nSPS) is 18.5. The van der Waals surface area contributed by atoms with Gasteiger partial charge in [-0.25, -0.2) is 18.0 Å². The Morgan fingerprint density at radius 2 is 1.81 bits per heavy atom. The lowest BCUT2D eigenvalue weighted by Gasteiger charge is -2.33. The smallest absolute Gasteiger partial charge is 0.328 e. The molecule has 114 valence electrons. The van der Waals surface area contributed by atoms with E-state index in [0.717, 1.165) is 6.42 Å². The Morgan fingerprint density at radius 3 is 2.38 bits per heavy atom. The number of piperidine rings is 1. The number of halogens is 3. The molecule has 4 nitrogen and oxygen atoms in total. The molecule has 1 aliphatic rings. The topological polar surface area (TPSA) is 46.6 Å². The molecule has 0 spiro atoms. The Bertz CT molecular complexity index is 554. The lowest BCUT2D eigenvalue weighted by Crippen LogP contribution is -2.48. The molecule has 0 bridgehead atoms. The number of hydrogen-bond donors (Lipinski definition) is 0. The van der Waals surface area contributed by atoms with Crippen molar-refractivity contribution in [1.82, 2.24) is 4.90 Å². The van der Waals surface area contributed by atoms with Crippen molar-refractivity contribution in [3.63, 3.8) is 0 Å². The van der Waals surface area contributed by atoms with Crippen LogP contribution in [0.2, 0.25) is 0 Å². The number of amides is 1. The zero-order valence-corrected chi connectivity index (χ0v) is 11.4. The number of benzene rings is 1. The fourth-order valence-electron chi connectivity index (χ4n) is 2.40. The summed E-state index contributed by atoms with van der Waals surface area (Å²) in [4.78, 5) is 25.2. The number of likely N-dealkylation sites (tertiary alicyclic amines) is 1. The van der Waals surface area contributed by atoms with Gasteiger partial charge in [0.05, 0.1) is 7.11 Å². The molecular formula is C14H14F3NO3. The van der Waals surface area contributed by atoms with Crippen LogP contribution in [0.25, 0.3) is 0 Å². The Hall–Kier alpha value is -2.05. The van der Waals surface area contributed by atoms with Crippen LogP contribution in [0.4, 0.5) is 13.2 Å². The van der Waals surface area contributed by atoms with Crippen molar-refractivity contribution in [3.05, 3.63) is 35.1 Å². The fourth-order valence-corrected chi connectivity index (χ4v) is 2.40. The maximum absolute atomic E-state index is 13.2. The van der Waals surface area contributed by atoms with Crippen molar-refractivity contribution in [2.75, 3.05) is 13.7 Å². The average Bonchev–Trinajstić information content (AvgIpc) is 2.50. The summed E-state index contributed by atoms with van der Waals surface area (Å²) in [6, 6.07) is 0.473. The van der Waals surface area contributed by atoms with Gasteiger partial charge < -0.3 is 9.64 Å². The number of carbonyl (C=O) groups excluding carboxylic acids is 2. The molecule has 1 aliphatic heterocycles. The molecule has 2 rings (SSSR count). The van der Waals surface area contributed by atoms with E-state index in [1.807, 2.05) is 0 Å². The molecule has 0 saturated carbocycles. The number of rotatable bonds is 2. The summed E-state index contributed by atoms with van der Waals surface area (Å²) in [6.45, 7) is 0.277. The molecule has 1 saturated heterocycles. The second-order valence-electron chi connectivity index (χ2n) is 4.79. The number of ether oxygens (including phenoxy) is 1. The highest BCUT2D eigenvalue weighted by Gasteiger charge is 2.33. The minimum Gasteiger partial charge on any atom is -0.467 e. The van der Waals surface area contributed by atoms with E-state index >= 15 is 0 Å². The molecule has 7 heteroatoms. The lowest BCUT2D eigenvalue weighted by atomic mass is 10.0. The van der Waals surface area contributed by atoms with E-state index < -0.39 is 35.4 Å². The lowest BCUT2D eigenvalue weighted by molar-refractivity contribution is -0.147. The van der Waals surface area contributed by atoms with Crippen LogP contribution < -0.4 is 0 Å². The van der Waals surface area contributed by atoms with Crippen molar-refractivity contribution in [3.8, 4) is 0 Å². The third-order valence-corrected chi connectivity index (χ3v) is 3.47. The molecule has 1 aromatic rings. The van der Waals surface area contributed by atoms with Crippen molar-refractivity contribution in [2.45, 2.75) is 25.3 Å². The van der Waals surface area contributed by atoms with Gasteiger partial charge in [-0.2, -0.15) is 0 Å². The zero-order valence-electron chi connectivity index (χ0n) is 11.4. The Labute approximate surface area is 119 Å². The number of nitrogens with zero attached hydrogens (tertiary/aromatic N) is 1. The summed E-state index contributed by atoms with van der Waals surface area (Å²) in [5.41, 5.74) is -0.331. The second kappa shape index (κ2) is 6.15. The zero-order chi connectivity index (χ0) is 15.6. The maximum atomic E-state index is 13.2. The summed E-state index contributed by atoms with van der Waals surface area (Å²) < 4.78 is 44.0. The second-order valence-corrected chi connectivity index (χ2v) is 4.79. The van der Waals surface area contributed by atoms with Gasteiger partial charge in [0, 0.05) is 12.1 Å². The van der Waals surface area contributed by atoms with E-state index in [1.54, 1.807) is 0 Å². The Kier molecular flexibility index (Phi) is 4.50. The number of carbonyl (C=O) groups is 2. The molecule has 1 fully saturated rings. The third-order valence-electron chi connectivity index (χ3n) is 3.47. The summed E-state index contributed by atoms with van der Waals surface area (Å²) in [5, 5.41) is 0. The summed E-state index contributed by atoms with van der Waals surface area (Å²) in [6.07, 6.45) is 1.84. The van der Waals surface area contributed by atoms with Gasteiger partial charge in [-0.1, -0.05) is 0 Å². The average molecular weight is 301 g/mol. The third kappa shape index (κ3) is 3.01. The van der Waals surface area contributed by atoms with Crippen LogP contribution >= 0.6 is 0 Å². The molecular weight excluding hydrogens is 287 g/mol. The van der Waals surface area contributed by atoms with Crippen molar-refractivity contribution < 1.29 is 27.5 Å². The highest BCUT2D eigenvalue weighted by molar-refractivity contribution is 5.97. The van der Waals surface area contributed by atoms with Crippen LogP contribution in [0.3, 0.4) is 0 Å². The highest BCUT2D eigenvalue weighted by Crippen LogP contribution is 2.22. The van der Waals surface area contributed by atoms with Gasteiger partial charge in [-0.3, -0.25) is 4.79 Å². The van der Waals surface area contributed by atoms with Gasteiger partial charge in [-0.05, 0) is 31.4 Å². The van der Waals surface area contributed by atoms with Gasteiger partial charge in [0.15, 0.2) is 17.5 Å². The minimum atomic E-state index is -1.63. The van der Waals surface area contributed by atoms with Gasteiger partial charge >= 0.3 is 5.97 Å². The van der Waals surface area contributed by atoms with Crippen LogP contribution in [0.5, 0.6) is 0 Å². The summed E-state index contributed by atoms with van der Waals surface area (Å²) >= 11 is 0. The first-order valence-electron chi connectivity index (χ1n) is 6.49. The molecule has 0 aromatic heterocycles. The minimum absolute atomic E-state index is 0.277. The van der Waals surface area contributed by atoms with E-state index in [2.05, 4.69) is 4.74 Å².